The molecule has 5 nitrogen and oxygen atoms in total. The number of nitrogens with zero attached hydrogens (tertiary/aromatic N) is 1. The molecule has 2 N–H and O–H groups in total. The number of nitrogens with one attached hydrogen (secondary N) is 1. The molecule has 0 bridgehead atoms. The van der Waals surface area contributed by atoms with Crippen molar-refractivity contribution in [3.63, 3.8) is 0 Å². The summed E-state index contributed by atoms with van der Waals surface area (Å²) in [6.07, 6.45) is 3.66. The number of aromatic carboxylic acids is 1. The Kier molecular flexibility index (Phi) is 4.29. The van der Waals surface area contributed by atoms with E-state index in [4.69, 9.17) is 16.7 Å². The van der Waals surface area contributed by atoms with E-state index in [2.05, 4.69) is 11.9 Å². The van der Waals surface area contributed by atoms with Gasteiger partial charge in [0, 0.05) is 12.6 Å². The van der Waals surface area contributed by atoms with Gasteiger partial charge in [-0.3, -0.25) is 0 Å². The van der Waals surface area contributed by atoms with Crippen molar-refractivity contribution in [3.05, 3.63) is 41.4 Å². The highest BCUT2D eigenvalue weighted by Gasteiger charge is 2.31. The lowest BCUT2D eigenvalue weighted by molar-refractivity contribution is 0.0697. The second-order valence-corrected chi connectivity index (χ2v) is 5.01. The van der Waals surface area contributed by atoms with Crippen molar-refractivity contribution in [2.75, 3.05) is 11.9 Å². The number of hydrogen-bond acceptors (Lipinski definition) is 2. The van der Waals surface area contributed by atoms with E-state index in [1.165, 1.54) is 18.2 Å². The lowest BCUT2D eigenvalue weighted by Crippen LogP contribution is -2.36. The molecule has 1 aromatic rings. The number of urea groups is 1. The molecule has 0 saturated heterocycles. The van der Waals surface area contributed by atoms with Crippen LogP contribution in [0.15, 0.2) is 30.9 Å². The maximum absolute atomic E-state index is 12.1. The van der Waals surface area contributed by atoms with E-state index in [9.17, 15) is 9.59 Å². The number of hydrogen-bond donors (Lipinski definition) is 2. The minimum atomic E-state index is -1.06. The summed E-state index contributed by atoms with van der Waals surface area (Å²) in [4.78, 5) is 24.6. The van der Waals surface area contributed by atoms with E-state index < -0.39 is 5.97 Å². The number of rotatable bonds is 5. The number of carbonyl (C=O) groups is 2. The minimum Gasteiger partial charge on any atom is -0.478 e. The third kappa shape index (κ3) is 3.30. The van der Waals surface area contributed by atoms with Gasteiger partial charge in [-0.25, -0.2) is 9.59 Å². The van der Waals surface area contributed by atoms with Crippen LogP contribution in [0.1, 0.15) is 23.2 Å². The normalized spacial score (nSPS) is 13.7. The molecule has 0 aliphatic heterocycles. The lowest BCUT2D eigenvalue weighted by atomic mass is 10.2. The first-order valence-corrected chi connectivity index (χ1v) is 6.62. The average molecular weight is 295 g/mol. The van der Waals surface area contributed by atoms with E-state index >= 15 is 0 Å². The van der Waals surface area contributed by atoms with Crippen LogP contribution in [-0.2, 0) is 0 Å². The Morgan fingerprint density at radius 1 is 1.50 bits per heavy atom. The smallest absolute Gasteiger partial charge is 0.335 e. The standard InChI is InChI=1S/C14H15ClN2O3/c1-2-7-17(10-4-5-10)14(20)16-12-6-3-9(13(18)19)8-11(12)15/h2-3,6,8,10H,1,4-5,7H2,(H,16,20)(H,18,19). The van der Waals surface area contributed by atoms with Crippen LogP contribution in [-0.4, -0.2) is 34.6 Å². The zero-order valence-corrected chi connectivity index (χ0v) is 11.6. The largest absolute Gasteiger partial charge is 0.478 e. The first-order valence-electron chi connectivity index (χ1n) is 6.24. The minimum absolute atomic E-state index is 0.0816. The fourth-order valence-corrected chi connectivity index (χ4v) is 2.09. The van der Waals surface area contributed by atoms with Gasteiger partial charge < -0.3 is 15.3 Å². The third-order valence-corrected chi connectivity index (χ3v) is 3.34. The quantitative estimate of drug-likeness (QED) is 0.819. The van der Waals surface area contributed by atoms with Crippen LogP contribution in [0.5, 0.6) is 0 Å². The summed E-state index contributed by atoms with van der Waals surface area (Å²) in [6.45, 7) is 4.11. The zero-order valence-electron chi connectivity index (χ0n) is 10.8. The molecule has 6 heteroatoms. The van der Waals surface area contributed by atoms with Crippen LogP contribution in [0.2, 0.25) is 5.02 Å². The van der Waals surface area contributed by atoms with Gasteiger partial charge in [-0.2, -0.15) is 0 Å². The van der Waals surface area contributed by atoms with E-state index in [0.29, 0.717) is 12.2 Å². The summed E-state index contributed by atoms with van der Waals surface area (Å²) >= 11 is 5.98. The van der Waals surface area contributed by atoms with E-state index in [1.807, 2.05) is 0 Å². The summed E-state index contributed by atoms with van der Waals surface area (Å²) < 4.78 is 0. The van der Waals surface area contributed by atoms with Crippen LogP contribution in [0.25, 0.3) is 0 Å². The summed E-state index contributed by atoms with van der Waals surface area (Å²) in [5, 5.41) is 11.8. The van der Waals surface area contributed by atoms with Crippen molar-refractivity contribution in [1.82, 2.24) is 4.90 Å². The fourth-order valence-electron chi connectivity index (χ4n) is 1.86. The molecule has 0 radical (unpaired) electrons. The lowest BCUT2D eigenvalue weighted by Gasteiger charge is -2.21. The van der Waals surface area contributed by atoms with Gasteiger partial charge in [0.1, 0.15) is 0 Å². The summed E-state index contributed by atoms with van der Waals surface area (Å²) in [7, 11) is 0. The number of benzene rings is 1. The Morgan fingerprint density at radius 3 is 2.70 bits per heavy atom. The fraction of sp³-hybridized carbons (Fsp3) is 0.286. The molecule has 0 atom stereocenters. The Morgan fingerprint density at radius 2 is 2.20 bits per heavy atom. The van der Waals surface area contributed by atoms with Crippen molar-refractivity contribution < 1.29 is 14.7 Å². The van der Waals surface area contributed by atoms with Gasteiger partial charge in [0.05, 0.1) is 16.3 Å². The highest BCUT2D eigenvalue weighted by Crippen LogP contribution is 2.28. The molecule has 20 heavy (non-hydrogen) atoms. The second-order valence-electron chi connectivity index (χ2n) is 4.60. The van der Waals surface area contributed by atoms with Crippen LogP contribution >= 0.6 is 11.6 Å². The van der Waals surface area contributed by atoms with Gasteiger partial charge in [-0.05, 0) is 31.0 Å². The van der Waals surface area contributed by atoms with Crippen molar-refractivity contribution in [2.24, 2.45) is 0 Å². The average Bonchev–Trinajstić information content (AvgIpc) is 3.22. The van der Waals surface area contributed by atoms with Gasteiger partial charge in [-0.1, -0.05) is 17.7 Å². The van der Waals surface area contributed by atoms with Crippen molar-refractivity contribution in [2.45, 2.75) is 18.9 Å². The molecule has 0 aromatic heterocycles. The number of carboxylic acids is 1. The zero-order chi connectivity index (χ0) is 14.7. The summed E-state index contributed by atoms with van der Waals surface area (Å²) in [6, 6.07) is 4.21. The number of carbonyl (C=O) groups excluding carboxylic acids is 1. The molecule has 1 fully saturated rings. The Hall–Kier alpha value is -2.01. The monoisotopic (exact) mass is 294 g/mol. The SMILES string of the molecule is C=CCN(C(=O)Nc1ccc(C(=O)O)cc1Cl)C1CC1. The predicted octanol–water partition coefficient (Wildman–Crippen LogP) is 3.22. The van der Waals surface area contributed by atoms with Crippen LogP contribution in [0.4, 0.5) is 10.5 Å². The molecule has 1 saturated carbocycles. The molecule has 2 amide bonds. The maximum atomic E-state index is 12.1. The van der Waals surface area contributed by atoms with E-state index in [-0.39, 0.29) is 22.7 Å². The number of halogens is 1. The highest BCUT2D eigenvalue weighted by atomic mass is 35.5. The Balaban J connectivity index is 2.10. The van der Waals surface area contributed by atoms with Crippen LogP contribution in [0, 0.1) is 0 Å². The van der Waals surface area contributed by atoms with Crippen LogP contribution < -0.4 is 5.32 Å². The van der Waals surface area contributed by atoms with Crippen LogP contribution in [0.3, 0.4) is 0 Å². The molecule has 106 valence electrons. The van der Waals surface area contributed by atoms with Gasteiger partial charge in [0.2, 0.25) is 0 Å². The predicted molar refractivity (Wildman–Crippen MR) is 77.4 cm³/mol. The highest BCUT2D eigenvalue weighted by molar-refractivity contribution is 6.34. The number of carboxylic acid groups (broad SMARTS) is 1. The summed E-state index contributed by atoms with van der Waals surface area (Å²) in [5.41, 5.74) is 0.481. The van der Waals surface area contributed by atoms with Gasteiger partial charge in [0.15, 0.2) is 0 Å². The molecule has 1 aliphatic carbocycles. The molecule has 0 heterocycles. The maximum Gasteiger partial charge on any atom is 0.335 e. The molecular weight excluding hydrogens is 280 g/mol. The number of amides is 2. The molecular formula is C14H15ClN2O3. The first-order chi connectivity index (χ1) is 9.52. The van der Waals surface area contributed by atoms with Crippen molar-refractivity contribution in [3.8, 4) is 0 Å². The number of anilines is 1. The van der Waals surface area contributed by atoms with Gasteiger partial charge in [-0.15, -0.1) is 6.58 Å². The van der Waals surface area contributed by atoms with Crippen molar-refractivity contribution >= 4 is 29.3 Å². The van der Waals surface area contributed by atoms with E-state index in [1.54, 1.807) is 11.0 Å². The summed E-state index contributed by atoms with van der Waals surface area (Å²) in [5.74, 6) is -1.06. The Labute approximate surface area is 121 Å². The first kappa shape index (κ1) is 14.4. The molecule has 0 spiro atoms. The molecule has 0 unspecified atom stereocenters. The topological polar surface area (TPSA) is 69.6 Å². The third-order valence-electron chi connectivity index (χ3n) is 3.03. The Bertz CT molecular complexity index is 555. The van der Waals surface area contributed by atoms with E-state index in [0.717, 1.165) is 12.8 Å². The molecule has 2 rings (SSSR count). The van der Waals surface area contributed by atoms with Gasteiger partial charge >= 0.3 is 12.0 Å². The second kappa shape index (κ2) is 5.96. The molecule has 1 aromatic carbocycles. The molecule has 1 aliphatic rings. The van der Waals surface area contributed by atoms with Crippen molar-refractivity contribution in [1.29, 1.82) is 0 Å². The van der Waals surface area contributed by atoms with Gasteiger partial charge in [0.25, 0.3) is 0 Å².